The summed E-state index contributed by atoms with van der Waals surface area (Å²) in [5.41, 5.74) is 1.08. The number of carbonyl (C=O) groups is 2. The van der Waals surface area contributed by atoms with Gasteiger partial charge in [-0.05, 0) is 43.2 Å². The molecule has 2 rings (SSSR count). The molecule has 0 aliphatic carbocycles. The van der Waals surface area contributed by atoms with Crippen LogP contribution in [0.1, 0.15) is 20.1 Å². The van der Waals surface area contributed by atoms with E-state index in [4.69, 9.17) is 16.3 Å². The predicted molar refractivity (Wildman–Crippen MR) is 87.5 cm³/mol. The Bertz CT molecular complexity index is 652. The first-order chi connectivity index (χ1) is 10.5. The minimum atomic E-state index is -0.467. The maximum atomic E-state index is 11.7. The second-order valence-corrected chi connectivity index (χ2v) is 6.44. The highest BCUT2D eigenvalue weighted by molar-refractivity contribution is 7.13. The van der Waals surface area contributed by atoms with Crippen LogP contribution >= 0.6 is 22.9 Å². The molecule has 0 fully saturated rings. The van der Waals surface area contributed by atoms with Crippen LogP contribution in [0, 0.1) is 6.92 Å². The molecule has 0 aliphatic rings. The fourth-order valence-corrected chi connectivity index (χ4v) is 2.68. The van der Waals surface area contributed by atoms with Gasteiger partial charge in [-0.2, -0.15) is 0 Å². The fourth-order valence-electron chi connectivity index (χ4n) is 1.79. The Labute approximate surface area is 138 Å². The molecule has 1 N–H and O–H groups in total. The number of ether oxygens (including phenoxy) is 1. The van der Waals surface area contributed by atoms with Crippen LogP contribution in [0.4, 0.5) is 0 Å². The molecular formula is C16H16ClNO3S. The number of thiophene rings is 1. The maximum absolute atomic E-state index is 11.7. The minimum absolute atomic E-state index is 0.267. The van der Waals surface area contributed by atoms with Gasteiger partial charge in [0, 0.05) is 16.4 Å². The van der Waals surface area contributed by atoms with Crippen LogP contribution in [0.3, 0.4) is 0 Å². The first-order valence-corrected chi connectivity index (χ1v) is 7.99. The summed E-state index contributed by atoms with van der Waals surface area (Å²) in [6.45, 7) is 2.12. The highest BCUT2D eigenvalue weighted by Crippen LogP contribution is 2.15. The summed E-state index contributed by atoms with van der Waals surface area (Å²) in [5.74, 6) is -0.776. The number of esters is 1. The molecule has 1 heterocycles. The summed E-state index contributed by atoms with van der Waals surface area (Å²) in [5, 5.41) is 3.40. The van der Waals surface area contributed by atoms with E-state index in [2.05, 4.69) is 5.32 Å². The third kappa shape index (κ3) is 5.16. The molecule has 0 saturated carbocycles. The van der Waals surface area contributed by atoms with Crippen molar-refractivity contribution in [2.45, 2.75) is 13.3 Å². The summed E-state index contributed by atoms with van der Waals surface area (Å²) in [6, 6.07) is 11.0. The van der Waals surface area contributed by atoms with Crippen molar-refractivity contribution in [2.75, 3.05) is 13.2 Å². The van der Waals surface area contributed by atoms with Crippen molar-refractivity contribution in [3.05, 3.63) is 56.7 Å². The zero-order chi connectivity index (χ0) is 15.9. The Balaban J connectivity index is 1.67. The molecule has 0 atom stereocenters. The van der Waals surface area contributed by atoms with Crippen LogP contribution in [-0.4, -0.2) is 25.0 Å². The molecule has 4 nitrogen and oxygen atoms in total. The lowest BCUT2D eigenvalue weighted by Crippen LogP contribution is -2.30. The Morgan fingerprint density at radius 1 is 1.18 bits per heavy atom. The zero-order valence-corrected chi connectivity index (χ0v) is 13.7. The van der Waals surface area contributed by atoms with E-state index in [9.17, 15) is 9.59 Å². The van der Waals surface area contributed by atoms with Gasteiger partial charge in [-0.3, -0.25) is 4.79 Å². The second-order valence-electron chi connectivity index (χ2n) is 4.71. The highest BCUT2D eigenvalue weighted by atomic mass is 35.5. The van der Waals surface area contributed by atoms with Gasteiger partial charge in [0.15, 0.2) is 6.61 Å². The van der Waals surface area contributed by atoms with Gasteiger partial charge in [-0.15, -0.1) is 11.3 Å². The third-order valence-corrected chi connectivity index (χ3v) is 4.16. The van der Waals surface area contributed by atoms with E-state index in [0.29, 0.717) is 22.9 Å². The van der Waals surface area contributed by atoms with E-state index in [1.54, 1.807) is 6.07 Å². The topological polar surface area (TPSA) is 55.4 Å². The third-order valence-electron chi connectivity index (χ3n) is 2.93. The average Bonchev–Trinajstić information content (AvgIpc) is 2.93. The molecule has 22 heavy (non-hydrogen) atoms. The molecule has 1 aromatic carbocycles. The van der Waals surface area contributed by atoms with Crippen molar-refractivity contribution in [1.29, 1.82) is 0 Å². The molecule has 6 heteroatoms. The molecule has 0 unspecified atom stereocenters. The van der Waals surface area contributed by atoms with E-state index in [1.165, 1.54) is 11.3 Å². The van der Waals surface area contributed by atoms with Gasteiger partial charge in [-0.25, -0.2) is 4.79 Å². The number of hydrogen-bond donors (Lipinski definition) is 1. The number of benzene rings is 1. The quantitative estimate of drug-likeness (QED) is 0.823. The van der Waals surface area contributed by atoms with Gasteiger partial charge < -0.3 is 10.1 Å². The lowest BCUT2D eigenvalue weighted by atomic mass is 10.1. The van der Waals surface area contributed by atoms with E-state index >= 15 is 0 Å². The number of amides is 1. The van der Waals surface area contributed by atoms with Gasteiger partial charge >= 0.3 is 5.97 Å². The van der Waals surface area contributed by atoms with Crippen molar-refractivity contribution in [3.8, 4) is 0 Å². The van der Waals surface area contributed by atoms with Crippen LogP contribution in [0.2, 0.25) is 5.02 Å². The lowest BCUT2D eigenvalue weighted by molar-refractivity contribution is -0.124. The van der Waals surface area contributed by atoms with Gasteiger partial charge in [0.1, 0.15) is 4.88 Å². The summed E-state index contributed by atoms with van der Waals surface area (Å²) >= 11 is 7.15. The van der Waals surface area contributed by atoms with Gasteiger partial charge in [0.05, 0.1) is 0 Å². The first-order valence-electron chi connectivity index (χ1n) is 6.79. The largest absolute Gasteiger partial charge is 0.451 e. The molecule has 0 radical (unpaired) electrons. The number of rotatable bonds is 6. The van der Waals surface area contributed by atoms with E-state index in [1.807, 2.05) is 37.3 Å². The second kappa shape index (κ2) is 7.96. The van der Waals surface area contributed by atoms with Crippen molar-refractivity contribution in [2.24, 2.45) is 0 Å². The first kappa shape index (κ1) is 16.5. The van der Waals surface area contributed by atoms with Crippen LogP contribution in [-0.2, 0) is 16.0 Å². The fraction of sp³-hybridized carbons (Fsp3) is 0.250. The van der Waals surface area contributed by atoms with Crippen LogP contribution in [0.5, 0.6) is 0 Å². The van der Waals surface area contributed by atoms with Crippen LogP contribution in [0.15, 0.2) is 36.4 Å². The number of aryl methyl sites for hydroxylation is 1. The lowest BCUT2D eigenvalue weighted by Gasteiger charge is -2.06. The monoisotopic (exact) mass is 337 g/mol. The molecule has 0 aliphatic heterocycles. The molecule has 0 saturated heterocycles. The molecule has 116 valence electrons. The Morgan fingerprint density at radius 3 is 2.55 bits per heavy atom. The maximum Gasteiger partial charge on any atom is 0.348 e. The smallest absolute Gasteiger partial charge is 0.348 e. The number of hydrogen-bond acceptors (Lipinski definition) is 4. The van der Waals surface area contributed by atoms with Crippen molar-refractivity contribution >= 4 is 34.8 Å². The predicted octanol–water partition coefficient (Wildman–Crippen LogP) is 3.23. The average molecular weight is 338 g/mol. The minimum Gasteiger partial charge on any atom is -0.451 e. The number of carbonyl (C=O) groups excluding carboxylic acids is 2. The van der Waals surface area contributed by atoms with E-state index < -0.39 is 5.97 Å². The molecule has 2 aromatic rings. The standard InChI is InChI=1S/C16H16ClNO3S/c1-11-2-7-14(22-11)16(20)21-10-15(19)18-9-8-12-3-5-13(17)6-4-12/h2-7H,8-10H2,1H3,(H,18,19). The summed E-state index contributed by atoms with van der Waals surface area (Å²) in [6.07, 6.45) is 0.695. The van der Waals surface area contributed by atoms with Gasteiger partial charge in [0.2, 0.25) is 0 Å². The van der Waals surface area contributed by atoms with E-state index in [-0.39, 0.29) is 12.5 Å². The molecular weight excluding hydrogens is 322 g/mol. The summed E-state index contributed by atoms with van der Waals surface area (Å²) < 4.78 is 4.96. The van der Waals surface area contributed by atoms with Crippen LogP contribution < -0.4 is 5.32 Å². The number of nitrogens with one attached hydrogen (secondary N) is 1. The summed E-state index contributed by atoms with van der Waals surface area (Å²) in [4.78, 5) is 24.8. The Kier molecular flexibility index (Phi) is 5.98. The Morgan fingerprint density at radius 2 is 1.91 bits per heavy atom. The van der Waals surface area contributed by atoms with Crippen molar-refractivity contribution in [3.63, 3.8) is 0 Å². The zero-order valence-electron chi connectivity index (χ0n) is 12.1. The molecule has 1 amide bonds. The number of halogens is 1. The molecule has 0 spiro atoms. The normalized spacial score (nSPS) is 10.3. The van der Waals surface area contributed by atoms with Gasteiger partial charge in [0.25, 0.3) is 5.91 Å². The highest BCUT2D eigenvalue weighted by Gasteiger charge is 2.11. The SMILES string of the molecule is Cc1ccc(C(=O)OCC(=O)NCCc2ccc(Cl)cc2)s1. The summed E-state index contributed by atoms with van der Waals surface area (Å²) in [7, 11) is 0. The van der Waals surface area contributed by atoms with Crippen LogP contribution in [0.25, 0.3) is 0 Å². The van der Waals surface area contributed by atoms with Gasteiger partial charge in [-0.1, -0.05) is 23.7 Å². The molecule has 0 bridgehead atoms. The van der Waals surface area contributed by atoms with E-state index in [0.717, 1.165) is 10.4 Å². The molecule has 1 aromatic heterocycles. The Hall–Kier alpha value is -1.85. The van der Waals surface area contributed by atoms with Crippen molar-refractivity contribution < 1.29 is 14.3 Å². The van der Waals surface area contributed by atoms with Crippen molar-refractivity contribution in [1.82, 2.24) is 5.32 Å².